The lowest BCUT2D eigenvalue weighted by molar-refractivity contribution is -0.178. The van der Waals surface area contributed by atoms with E-state index in [4.69, 9.17) is 16.9 Å². The van der Waals surface area contributed by atoms with E-state index in [9.17, 15) is 20.6 Å². The Morgan fingerprint density at radius 2 is 2.16 bits per heavy atom. The Kier molecular flexibility index (Phi) is 6.38. The first-order chi connectivity index (χ1) is 15.4. The molecule has 1 aliphatic rings. The molecule has 4 heterocycles. The summed E-state index contributed by atoms with van der Waals surface area (Å²) in [5.41, 5.74) is 6.18. The predicted molar refractivity (Wildman–Crippen MR) is 115 cm³/mol. The molecule has 0 aliphatic carbocycles. The summed E-state index contributed by atoms with van der Waals surface area (Å²) in [5, 5.41) is 51.0. The molecule has 5 N–H and O–H groups in total. The Bertz CT molecular complexity index is 1200. The quantitative estimate of drug-likeness (QED) is 0.368. The minimum Gasteiger partial charge on any atom is -0.394 e. The second-order valence-electron chi connectivity index (χ2n) is 6.80. The maximum atomic E-state index is 11.0. The molecule has 1 aliphatic heterocycles. The minimum absolute atomic E-state index is 0.109. The normalized spacial score (nSPS) is 25.2. The number of aliphatic hydroxyl groups is 3. The standard InChI is InChI=1S/C19H17N7O4S2/c1-2-9-3-14(10(4-20)22-5-9)32-18-17(29)15(16(28)13(7-27)30-18)26-6-11(24-25-26)12-8-31-19(21)23-12/h1,3,5-6,8,13,15-18,27-29H,7H2,(H2,21,23)/t13?,15?,16-,17?,18+/m0/s1. The molecule has 1 saturated heterocycles. The largest absolute Gasteiger partial charge is 0.394 e. The third-order valence-corrected chi connectivity index (χ3v) is 6.68. The molecule has 3 unspecified atom stereocenters. The maximum Gasteiger partial charge on any atom is 0.180 e. The molecule has 0 saturated carbocycles. The molecule has 3 aromatic heterocycles. The molecule has 3 aromatic rings. The number of anilines is 1. The molecule has 0 aromatic carbocycles. The van der Waals surface area contributed by atoms with Crippen LogP contribution in [0.25, 0.3) is 11.4 Å². The summed E-state index contributed by atoms with van der Waals surface area (Å²) in [4.78, 5) is 8.57. The lowest BCUT2D eigenvalue weighted by atomic mass is 9.97. The van der Waals surface area contributed by atoms with Crippen LogP contribution in [0.3, 0.4) is 0 Å². The fourth-order valence-electron chi connectivity index (χ4n) is 3.25. The van der Waals surface area contributed by atoms with E-state index in [1.807, 2.05) is 6.07 Å². The monoisotopic (exact) mass is 471 g/mol. The van der Waals surface area contributed by atoms with E-state index in [0.29, 0.717) is 27.0 Å². The molecular formula is C19H17N7O4S2. The number of aromatic nitrogens is 5. The number of nitrogens with zero attached hydrogens (tertiary/aromatic N) is 6. The number of thioether (sulfide) groups is 1. The second kappa shape index (κ2) is 9.22. The van der Waals surface area contributed by atoms with Crippen molar-refractivity contribution in [3.05, 3.63) is 35.1 Å². The molecule has 1 fully saturated rings. The molecule has 0 bridgehead atoms. The Hall–Kier alpha value is -3.04. The van der Waals surface area contributed by atoms with Crippen LogP contribution in [0.15, 0.2) is 28.7 Å². The molecule has 4 rings (SSSR count). The van der Waals surface area contributed by atoms with Gasteiger partial charge in [-0.25, -0.2) is 14.6 Å². The van der Waals surface area contributed by atoms with Crippen molar-refractivity contribution < 1.29 is 20.1 Å². The van der Waals surface area contributed by atoms with E-state index in [-0.39, 0.29) is 5.69 Å². The number of rotatable bonds is 5. The van der Waals surface area contributed by atoms with Gasteiger partial charge in [0.1, 0.15) is 47.2 Å². The summed E-state index contributed by atoms with van der Waals surface area (Å²) in [5.74, 6) is 2.44. The van der Waals surface area contributed by atoms with Gasteiger partial charge >= 0.3 is 0 Å². The predicted octanol–water partition coefficient (Wildman–Crippen LogP) is 0.00418. The topological polar surface area (TPSA) is 176 Å². The number of terminal acetylenes is 1. The van der Waals surface area contributed by atoms with Gasteiger partial charge in [0, 0.05) is 22.0 Å². The van der Waals surface area contributed by atoms with Crippen LogP contribution < -0.4 is 5.73 Å². The van der Waals surface area contributed by atoms with Crippen molar-refractivity contribution in [3.63, 3.8) is 0 Å². The van der Waals surface area contributed by atoms with Crippen molar-refractivity contribution in [1.29, 1.82) is 5.26 Å². The highest BCUT2D eigenvalue weighted by molar-refractivity contribution is 7.99. The molecule has 164 valence electrons. The van der Waals surface area contributed by atoms with Crippen LogP contribution in [0.4, 0.5) is 5.13 Å². The molecule has 5 atom stereocenters. The number of nitriles is 1. The van der Waals surface area contributed by atoms with E-state index >= 15 is 0 Å². The van der Waals surface area contributed by atoms with Gasteiger partial charge in [-0.05, 0) is 6.07 Å². The molecule has 11 nitrogen and oxygen atoms in total. The maximum absolute atomic E-state index is 11.0. The molecule has 32 heavy (non-hydrogen) atoms. The lowest BCUT2D eigenvalue weighted by Crippen LogP contribution is -2.55. The number of pyridine rings is 1. The molecule has 0 radical (unpaired) electrons. The Balaban J connectivity index is 1.65. The second-order valence-corrected chi connectivity index (χ2v) is 8.83. The van der Waals surface area contributed by atoms with Crippen molar-refractivity contribution in [2.75, 3.05) is 12.3 Å². The van der Waals surface area contributed by atoms with E-state index in [1.54, 1.807) is 11.4 Å². The van der Waals surface area contributed by atoms with Crippen LogP contribution in [0.2, 0.25) is 0 Å². The first kappa shape index (κ1) is 22.2. The van der Waals surface area contributed by atoms with E-state index in [2.05, 4.69) is 26.2 Å². The van der Waals surface area contributed by atoms with Gasteiger partial charge in [0.25, 0.3) is 0 Å². The molecule has 0 amide bonds. The molecule has 13 heteroatoms. The van der Waals surface area contributed by atoms with Crippen LogP contribution in [0.1, 0.15) is 17.3 Å². The van der Waals surface area contributed by atoms with Crippen LogP contribution in [0, 0.1) is 23.7 Å². The smallest absolute Gasteiger partial charge is 0.180 e. The third kappa shape index (κ3) is 4.18. The fourth-order valence-corrected chi connectivity index (χ4v) is 4.96. The summed E-state index contributed by atoms with van der Waals surface area (Å²) in [6.07, 6.45) is 4.76. The zero-order chi connectivity index (χ0) is 22.8. The number of hydrogen-bond donors (Lipinski definition) is 4. The van der Waals surface area contributed by atoms with Gasteiger partial charge in [0.15, 0.2) is 10.8 Å². The highest BCUT2D eigenvalue weighted by atomic mass is 32.2. The minimum atomic E-state index is -1.28. The number of ether oxygens (including phenoxy) is 1. The number of nitrogen functional groups attached to an aromatic ring is 1. The number of nitrogens with two attached hydrogens (primary N) is 1. The van der Waals surface area contributed by atoms with Crippen LogP contribution in [-0.2, 0) is 4.74 Å². The fraction of sp³-hybridized carbons (Fsp3) is 0.316. The van der Waals surface area contributed by atoms with Crippen molar-refractivity contribution >= 4 is 28.2 Å². The zero-order valence-corrected chi connectivity index (χ0v) is 17.9. The van der Waals surface area contributed by atoms with Gasteiger partial charge in [-0.15, -0.1) is 22.9 Å². The van der Waals surface area contributed by atoms with Gasteiger partial charge in [-0.1, -0.05) is 22.9 Å². The average molecular weight is 472 g/mol. The SMILES string of the molecule is C#Cc1cnc(C#N)c(S[C@H]2OC(CO)[C@H](O)C(n3cc(-c4csc(N)n4)nn3)C2O)c1. The summed E-state index contributed by atoms with van der Waals surface area (Å²) in [7, 11) is 0. The summed E-state index contributed by atoms with van der Waals surface area (Å²) in [6, 6.07) is 2.56. The first-order valence-corrected chi connectivity index (χ1v) is 11.0. The Morgan fingerprint density at radius 1 is 1.34 bits per heavy atom. The number of thiazole rings is 1. The number of aliphatic hydroxyl groups excluding tert-OH is 3. The van der Waals surface area contributed by atoms with Crippen molar-refractivity contribution in [1.82, 2.24) is 25.0 Å². The van der Waals surface area contributed by atoms with Crippen LogP contribution in [-0.4, -0.2) is 70.6 Å². The van der Waals surface area contributed by atoms with Crippen LogP contribution >= 0.6 is 23.1 Å². The van der Waals surface area contributed by atoms with Gasteiger partial charge in [0.2, 0.25) is 0 Å². The van der Waals surface area contributed by atoms with E-state index in [1.165, 1.54) is 28.4 Å². The molecular weight excluding hydrogens is 454 g/mol. The molecule has 0 spiro atoms. The van der Waals surface area contributed by atoms with Gasteiger partial charge in [0.05, 0.1) is 12.8 Å². The average Bonchev–Trinajstić information content (AvgIpc) is 3.45. The van der Waals surface area contributed by atoms with E-state index < -0.39 is 36.4 Å². The lowest BCUT2D eigenvalue weighted by Gasteiger charge is -2.41. The zero-order valence-electron chi connectivity index (χ0n) is 16.3. The Labute approximate surface area is 190 Å². The highest BCUT2D eigenvalue weighted by Crippen LogP contribution is 2.39. The highest BCUT2D eigenvalue weighted by Gasteiger charge is 2.46. The van der Waals surface area contributed by atoms with Gasteiger partial charge in [-0.3, -0.25) is 0 Å². The third-order valence-electron chi connectivity index (χ3n) is 4.82. The summed E-state index contributed by atoms with van der Waals surface area (Å²) < 4.78 is 7.02. The van der Waals surface area contributed by atoms with Gasteiger partial charge in [-0.2, -0.15) is 5.26 Å². The van der Waals surface area contributed by atoms with Crippen molar-refractivity contribution in [2.24, 2.45) is 0 Å². The summed E-state index contributed by atoms with van der Waals surface area (Å²) >= 11 is 2.26. The van der Waals surface area contributed by atoms with Crippen molar-refractivity contribution in [3.8, 4) is 29.8 Å². The summed E-state index contributed by atoms with van der Waals surface area (Å²) in [6.45, 7) is -0.501. The number of hydrogen-bond acceptors (Lipinski definition) is 12. The Morgan fingerprint density at radius 3 is 2.81 bits per heavy atom. The van der Waals surface area contributed by atoms with Gasteiger partial charge < -0.3 is 25.8 Å². The van der Waals surface area contributed by atoms with E-state index in [0.717, 1.165) is 11.8 Å². The van der Waals surface area contributed by atoms with Crippen molar-refractivity contribution in [2.45, 2.75) is 34.7 Å². The van der Waals surface area contributed by atoms with Crippen LogP contribution in [0.5, 0.6) is 0 Å². The first-order valence-electron chi connectivity index (χ1n) is 9.24.